The van der Waals surface area contributed by atoms with Crippen LogP contribution in [0.2, 0.25) is 0 Å². The van der Waals surface area contributed by atoms with Crippen LogP contribution in [0.25, 0.3) is 0 Å². The molecule has 0 aliphatic carbocycles. The van der Waals surface area contributed by atoms with E-state index in [1.165, 1.54) is 0 Å². The minimum absolute atomic E-state index is 0.00658. The Morgan fingerprint density at radius 2 is 2.11 bits per heavy atom. The highest BCUT2D eigenvalue weighted by atomic mass is 16.2. The highest BCUT2D eigenvalue weighted by molar-refractivity contribution is 5.89. The van der Waals surface area contributed by atoms with Crippen LogP contribution in [0.15, 0.2) is 42.7 Å². The lowest BCUT2D eigenvalue weighted by atomic mass is 10.3. The number of carbonyl (C=O) groups is 1. The molecular formula is C13H17N5O. The van der Waals surface area contributed by atoms with E-state index < -0.39 is 0 Å². The number of amides is 2. The lowest BCUT2D eigenvalue weighted by Gasteiger charge is -2.15. The van der Waals surface area contributed by atoms with Crippen LogP contribution in [0.5, 0.6) is 0 Å². The van der Waals surface area contributed by atoms with Gasteiger partial charge in [-0.1, -0.05) is 18.2 Å². The van der Waals surface area contributed by atoms with Crippen molar-refractivity contribution in [3.63, 3.8) is 0 Å². The van der Waals surface area contributed by atoms with Gasteiger partial charge in [-0.05, 0) is 19.1 Å². The first-order valence-electron chi connectivity index (χ1n) is 6.09. The molecule has 1 aromatic carbocycles. The van der Waals surface area contributed by atoms with Crippen LogP contribution in [0.3, 0.4) is 0 Å². The number of rotatable bonds is 5. The first-order chi connectivity index (χ1) is 9.24. The van der Waals surface area contributed by atoms with E-state index in [0.29, 0.717) is 12.2 Å². The molecular weight excluding hydrogens is 242 g/mol. The summed E-state index contributed by atoms with van der Waals surface area (Å²) in [5.74, 6) is 0. The van der Waals surface area contributed by atoms with Crippen molar-refractivity contribution in [2.75, 3.05) is 17.2 Å². The molecule has 6 nitrogen and oxygen atoms in total. The Balaban J connectivity index is 1.72. The monoisotopic (exact) mass is 259 g/mol. The standard InChI is InChI=1S/C13H17N5O/c1-10(7-14-11-5-3-2-4-6-11)17-13(19)18-12-8-15-16-9-12/h2-6,8-10,14H,7H2,1H3,(H,15,16)(H2,17,18,19). The maximum absolute atomic E-state index is 11.6. The second-order valence-electron chi connectivity index (χ2n) is 4.23. The zero-order chi connectivity index (χ0) is 13.5. The number of carbonyl (C=O) groups excluding carboxylic acids is 1. The fourth-order valence-corrected chi connectivity index (χ4v) is 1.59. The SMILES string of the molecule is CC(CNc1ccccc1)NC(=O)Nc1cn[nH]c1. The van der Waals surface area contributed by atoms with E-state index in [9.17, 15) is 4.79 Å². The van der Waals surface area contributed by atoms with Crippen molar-refractivity contribution in [3.8, 4) is 0 Å². The maximum atomic E-state index is 11.6. The Morgan fingerprint density at radius 3 is 2.79 bits per heavy atom. The van der Waals surface area contributed by atoms with Gasteiger partial charge < -0.3 is 16.0 Å². The molecule has 4 N–H and O–H groups in total. The smallest absolute Gasteiger partial charge is 0.319 e. The van der Waals surface area contributed by atoms with Gasteiger partial charge in [0.05, 0.1) is 11.9 Å². The minimum Gasteiger partial charge on any atom is -0.383 e. The van der Waals surface area contributed by atoms with Crippen molar-refractivity contribution in [1.29, 1.82) is 0 Å². The number of hydrogen-bond donors (Lipinski definition) is 4. The molecule has 0 saturated heterocycles. The maximum Gasteiger partial charge on any atom is 0.319 e. The molecule has 2 aromatic rings. The first kappa shape index (κ1) is 12.9. The Kier molecular flexibility index (Phi) is 4.39. The summed E-state index contributed by atoms with van der Waals surface area (Å²) in [6.07, 6.45) is 3.17. The van der Waals surface area contributed by atoms with E-state index in [0.717, 1.165) is 5.69 Å². The summed E-state index contributed by atoms with van der Waals surface area (Å²) in [4.78, 5) is 11.6. The lowest BCUT2D eigenvalue weighted by molar-refractivity contribution is 0.249. The summed E-state index contributed by atoms with van der Waals surface area (Å²) in [5, 5.41) is 15.1. The summed E-state index contributed by atoms with van der Waals surface area (Å²) in [6.45, 7) is 2.59. The quantitative estimate of drug-likeness (QED) is 0.663. The van der Waals surface area contributed by atoms with Gasteiger partial charge in [0.1, 0.15) is 0 Å². The molecule has 1 atom stereocenters. The highest BCUT2D eigenvalue weighted by Gasteiger charge is 2.07. The summed E-state index contributed by atoms with van der Waals surface area (Å²) in [7, 11) is 0. The molecule has 0 radical (unpaired) electrons. The van der Waals surface area contributed by atoms with Gasteiger partial charge in [-0.15, -0.1) is 0 Å². The molecule has 0 aliphatic rings. The molecule has 1 heterocycles. The average molecular weight is 259 g/mol. The van der Waals surface area contributed by atoms with Crippen LogP contribution < -0.4 is 16.0 Å². The van der Waals surface area contributed by atoms with Gasteiger partial charge in [-0.2, -0.15) is 5.10 Å². The molecule has 0 saturated carbocycles. The number of nitrogens with one attached hydrogen (secondary N) is 4. The lowest BCUT2D eigenvalue weighted by Crippen LogP contribution is -2.39. The summed E-state index contributed by atoms with van der Waals surface area (Å²) < 4.78 is 0. The topological polar surface area (TPSA) is 81.8 Å². The molecule has 2 rings (SSSR count). The van der Waals surface area contributed by atoms with Crippen molar-refractivity contribution in [2.24, 2.45) is 0 Å². The molecule has 100 valence electrons. The van der Waals surface area contributed by atoms with Crippen LogP contribution in [0.1, 0.15) is 6.92 Å². The number of benzene rings is 1. The van der Waals surface area contributed by atoms with Crippen molar-refractivity contribution in [3.05, 3.63) is 42.7 Å². The van der Waals surface area contributed by atoms with Crippen LogP contribution >= 0.6 is 0 Å². The van der Waals surface area contributed by atoms with Gasteiger partial charge in [0.25, 0.3) is 0 Å². The number of aromatic nitrogens is 2. The van der Waals surface area contributed by atoms with Crippen molar-refractivity contribution < 1.29 is 4.79 Å². The van der Waals surface area contributed by atoms with E-state index in [-0.39, 0.29) is 12.1 Å². The molecule has 0 spiro atoms. The molecule has 1 aromatic heterocycles. The van der Waals surface area contributed by atoms with Gasteiger partial charge in [0, 0.05) is 24.5 Å². The Bertz CT molecular complexity index is 497. The Morgan fingerprint density at radius 1 is 1.32 bits per heavy atom. The summed E-state index contributed by atoms with van der Waals surface area (Å²) in [5.41, 5.74) is 1.67. The van der Waals surface area contributed by atoms with E-state index in [2.05, 4.69) is 26.1 Å². The minimum atomic E-state index is -0.247. The summed E-state index contributed by atoms with van der Waals surface area (Å²) >= 11 is 0. The predicted octanol–water partition coefficient (Wildman–Crippen LogP) is 2.03. The third-order valence-electron chi connectivity index (χ3n) is 2.52. The van der Waals surface area contributed by atoms with Crippen LogP contribution in [-0.4, -0.2) is 28.8 Å². The van der Waals surface area contributed by atoms with E-state index in [1.54, 1.807) is 12.4 Å². The first-order valence-corrected chi connectivity index (χ1v) is 6.09. The third kappa shape index (κ3) is 4.34. The molecule has 0 bridgehead atoms. The van der Waals surface area contributed by atoms with E-state index >= 15 is 0 Å². The Hall–Kier alpha value is -2.50. The van der Waals surface area contributed by atoms with Crippen LogP contribution in [0.4, 0.5) is 16.2 Å². The molecule has 19 heavy (non-hydrogen) atoms. The fourth-order valence-electron chi connectivity index (χ4n) is 1.59. The largest absolute Gasteiger partial charge is 0.383 e. The number of aromatic amines is 1. The number of nitrogens with zero attached hydrogens (tertiary/aromatic N) is 1. The van der Waals surface area contributed by atoms with Gasteiger partial charge in [-0.3, -0.25) is 5.10 Å². The highest BCUT2D eigenvalue weighted by Crippen LogP contribution is 2.05. The fraction of sp³-hybridized carbons (Fsp3) is 0.231. The predicted molar refractivity (Wildman–Crippen MR) is 75.1 cm³/mol. The van der Waals surface area contributed by atoms with Crippen molar-refractivity contribution in [1.82, 2.24) is 15.5 Å². The van der Waals surface area contributed by atoms with Crippen molar-refractivity contribution in [2.45, 2.75) is 13.0 Å². The molecule has 6 heteroatoms. The number of para-hydroxylation sites is 1. The molecule has 0 fully saturated rings. The number of urea groups is 1. The number of hydrogen-bond acceptors (Lipinski definition) is 3. The zero-order valence-electron chi connectivity index (χ0n) is 10.7. The van der Waals surface area contributed by atoms with Crippen LogP contribution in [0, 0.1) is 0 Å². The Labute approximate surface area is 111 Å². The zero-order valence-corrected chi connectivity index (χ0v) is 10.7. The van der Waals surface area contributed by atoms with E-state index in [1.807, 2.05) is 37.3 Å². The van der Waals surface area contributed by atoms with Gasteiger partial charge in [0.2, 0.25) is 0 Å². The van der Waals surface area contributed by atoms with E-state index in [4.69, 9.17) is 0 Å². The average Bonchev–Trinajstić information content (AvgIpc) is 2.90. The summed E-state index contributed by atoms with van der Waals surface area (Å²) in [6, 6.07) is 9.62. The van der Waals surface area contributed by atoms with Gasteiger partial charge in [-0.25, -0.2) is 4.79 Å². The number of anilines is 2. The molecule has 0 aliphatic heterocycles. The second-order valence-corrected chi connectivity index (χ2v) is 4.23. The van der Waals surface area contributed by atoms with Crippen molar-refractivity contribution >= 4 is 17.4 Å². The molecule has 2 amide bonds. The van der Waals surface area contributed by atoms with Gasteiger partial charge in [0.15, 0.2) is 0 Å². The van der Waals surface area contributed by atoms with Crippen LogP contribution in [-0.2, 0) is 0 Å². The second kappa shape index (κ2) is 6.44. The van der Waals surface area contributed by atoms with Gasteiger partial charge >= 0.3 is 6.03 Å². The third-order valence-corrected chi connectivity index (χ3v) is 2.52. The normalized spacial score (nSPS) is 11.6. The number of H-pyrrole nitrogens is 1. The molecule has 1 unspecified atom stereocenters.